The van der Waals surface area contributed by atoms with Crippen LogP contribution in [0, 0.1) is 18.3 Å². The van der Waals surface area contributed by atoms with E-state index in [0.29, 0.717) is 6.54 Å². The van der Waals surface area contributed by atoms with Gasteiger partial charge in [0, 0.05) is 24.5 Å². The molecule has 1 aromatic carbocycles. The van der Waals surface area contributed by atoms with E-state index in [0.717, 1.165) is 16.1 Å². The van der Waals surface area contributed by atoms with Crippen molar-refractivity contribution in [3.63, 3.8) is 0 Å². The lowest BCUT2D eigenvalue weighted by Crippen LogP contribution is -2.31. The molecule has 7 heteroatoms. The van der Waals surface area contributed by atoms with Crippen molar-refractivity contribution in [3.05, 3.63) is 40.9 Å². The molecule has 6 nitrogen and oxygen atoms in total. The van der Waals surface area contributed by atoms with Crippen molar-refractivity contribution in [1.29, 1.82) is 5.26 Å². The molecule has 1 aromatic heterocycles. The third kappa shape index (κ3) is 4.64. The molecule has 24 heavy (non-hydrogen) atoms. The lowest BCUT2D eigenvalue weighted by atomic mass is 10.2. The highest BCUT2D eigenvalue weighted by molar-refractivity contribution is 7.13. The fourth-order valence-corrected chi connectivity index (χ4v) is 2.65. The van der Waals surface area contributed by atoms with Crippen molar-refractivity contribution < 1.29 is 14.3 Å². The molecular formula is C17H17N3O3S. The molecule has 0 radical (unpaired) electrons. The Morgan fingerprint density at radius 2 is 2.04 bits per heavy atom. The van der Waals surface area contributed by atoms with Gasteiger partial charge in [-0.2, -0.15) is 5.26 Å². The largest absolute Gasteiger partial charge is 0.451 e. The topological polar surface area (TPSA) is 83.3 Å². The molecule has 1 amide bonds. The first-order chi connectivity index (χ1) is 11.5. The van der Waals surface area contributed by atoms with Crippen molar-refractivity contribution in [2.24, 2.45) is 0 Å². The van der Waals surface area contributed by atoms with E-state index in [1.807, 2.05) is 37.3 Å². The number of aromatic nitrogens is 1. The number of amides is 1. The summed E-state index contributed by atoms with van der Waals surface area (Å²) in [5.41, 5.74) is 2.26. The number of hydrogen-bond acceptors (Lipinski definition) is 6. The van der Waals surface area contributed by atoms with Crippen LogP contribution in [0.25, 0.3) is 10.6 Å². The number of thiazole rings is 1. The van der Waals surface area contributed by atoms with Gasteiger partial charge in [0.25, 0.3) is 5.91 Å². The molecule has 0 aliphatic rings. The number of benzene rings is 1. The number of rotatable bonds is 6. The average Bonchev–Trinajstić information content (AvgIpc) is 3.08. The first-order valence-electron chi connectivity index (χ1n) is 7.32. The van der Waals surface area contributed by atoms with Crippen LogP contribution in [0.2, 0.25) is 0 Å². The molecular weight excluding hydrogens is 326 g/mol. The fourth-order valence-electron chi connectivity index (χ4n) is 1.85. The van der Waals surface area contributed by atoms with Crippen LogP contribution >= 0.6 is 11.3 Å². The van der Waals surface area contributed by atoms with E-state index >= 15 is 0 Å². The van der Waals surface area contributed by atoms with E-state index in [1.54, 1.807) is 12.4 Å². The average molecular weight is 343 g/mol. The van der Waals surface area contributed by atoms with Crippen LogP contribution in [0.1, 0.15) is 22.5 Å². The summed E-state index contributed by atoms with van der Waals surface area (Å²) in [6.07, 6.45) is 0.238. The lowest BCUT2D eigenvalue weighted by molar-refractivity contribution is -0.133. The number of hydrogen-bond donors (Lipinski definition) is 0. The molecule has 0 bridgehead atoms. The first-order valence-corrected chi connectivity index (χ1v) is 8.20. The molecule has 2 rings (SSSR count). The van der Waals surface area contributed by atoms with Crippen LogP contribution in [-0.4, -0.2) is 42.0 Å². The molecule has 0 saturated carbocycles. The van der Waals surface area contributed by atoms with E-state index in [4.69, 9.17) is 10.00 Å². The van der Waals surface area contributed by atoms with Crippen molar-refractivity contribution in [2.75, 3.05) is 20.2 Å². The molecule has 0 spiro atoms. The third-order valence-corrected chi connectivity index (χ3v) is 4.21. The zero-order chi connectivity index (χ0) is 17.5. The van der Waals surface area contributed by atoms with Gasteiger partial charge < -0.3 is 9.64 Å². The van der Waals surface area contributed by atoms with E-state index in [2.05, 4.69) is 4.98 Å². The molecule has 0 atom stereocenters. The normalized spacial score (nSPS) is 10.0. The molecule has 0 aliphatic carbocycles. The minimum absolute atomic E-state index is 0.183. The fraction of sp³-hybridized carbons (Fsp3) is 0.294. The van der Waals surface area contributed by atoms with Crippen LogP contribution in [0.5, 0.6) is 0 Å². The number of nitrogens with zero attached hydrogens (tertiary/aromatic N) is 3. The number of carbonyl (C=O) groups excluding carboxylic acids is 2. The van der Waals surface area contributed by atoms with Crippen molar-refractivity contribution in [3.8, 4) is 16.6 Å². The second kappa shape index (κ2) is 8.22. The van der Waals surface area contributed by atoms with E-state index in [9.17, 15) is 9.59 Å². The minimum atomic E-state index is -0.633. The molecule has 0 N–H and O–H groups in total. The SMILES string of the molecule is Cc1ccc(-c2nc(C(=O)OCC(=O)N(C)CCC#N)cs2)cc1. The van der Waals surface area contributed by atoms with Gasteiger partial charge in [0.05, 0.1) is 12.5 Å². The van der Waals surface area contributed by atoms with Gasteiger partial charge in [-0.05, 0) is 6.92 Å². The number of carbonyl (C=O) groups is 2. The highest BCUT2D eigenvalue weighted by Crippen LogP contribution is 2.24. The van der Waals surface area contributed by atoms with Crippen LogP contribution in [0.15, 0.2) is 29.6 Å². The quantitative estimate of drug-likeness (QED) is 0.753. The maximum atomic E-state index is 12.0. The zero-order valence-electron chi connectivity index (χ0n) is 13.5. The molecule has 2 aromatic rings. The molecule has 0 aliphatic heterocycles. The highest BCUT2D eigenvalue weighted by atomic mass is 32.1. The number of ether oxygens (including phenoxy) is 1. The zero-order valence-corrected chi connectivity index (χ0v) is 14.3. The Morgan fingerprint density at radius 1 is 1.33 bits per heavy atom. The summed E-state index contributed by atoms with van der Waals surface area (Å²) in [5.74, 6) is -0.987. The molecule has 0 fully saturated rings. The van der Waals surface area contributed by atoms with Gasteiger partial charge in [0.2, 0.25) is 0 Å². The Balaban J connectivity index is 1.93. The van der Waals surface area contributed by atoms with Crippen LogP contribution in [-0.2, 0) is 9.53 Å². The third-order valence-electron chi connectivity index (χ3n) is 3.32. The minimum Gasteiger partial charge on any atom is -0.451 e. The Morgan fingerprint density at radius 3 is 2.71 bits per heavy atom. The van der Waals surface area contributed by atoms with E-state index in [1.165, 1.54) is 16.2 Å². The predicted molar refractivity (Wildman–Crippen MR) is 90.4 cm³/mol. The lowest BCUT2D eigenvalue weighted by Gasteiger charge is -2.14. The van der Waals surface area contributed by atoms with Gasteiger partial charge in [0.15, 0.2) is 12.3 Å². The van der Waals surface area contributed by atoms with Crippen molar-refractivity contribution >= 4 is 23.2 Å². The van der Waals surface area contributed by atoms with Gasteiger partial charge in [-0.1, -0.05) is 29.8 Å². The summed E-state index contributed by atoms with van der Waals surface area (Å²) in [5, 5.41) is 10.8. The summed E-state index contributed by atoms with van der Waals surface area (Å²) in [6.45, 7) is 1.94. The van der Waals surface area contributed by atoms with Gasteiger partial charge >= 0.3 is 5.97 Å². The molecule has 0 saturated heterocycles. The Bertz CT molecular complexity index is 762. The monoisotopic (exact) mass is 343 g/mol. The van der Waals surface area contributed by atoms with Gasteiger partial charge in [0.1, 0.15) is 5.01 Å². The van der Waals surface area contributed by atoms with Crippen molar-refractivity contribution in [2.45, 2.75) is 13.3 Å². The molecule has 124 valence electrons. The van der Waals surface area contributed by atoms with E-state index < -0.39 is 5.97 Å². The summed E-state index contributed by atoms with van der Waals surface area (Å²) in [7, 11) is 1.56. The standard InChI is InChI=1S/C17H17N3O3S/c1-12-4-6-13(7-5-12)16-19-14(11-24-16)17(22)23-10-15(21)20(2)9-3-8-18/h4-7,11H,3,9-10H2,1-2H3. The Hall–Kier alpha value is -2.72. The number of aryl methyl sites for hydroxylation is 1. The van der Waals surface area contributed by atoms with E-state index in [-0.39, 0.29) is 24.6 Å². The molecule has 1 heterocycles. The van der Waals surface area contributed by atoms with Crippen LogP contribution in [0.4, 0.5) is 0 Å². The second-order valence-electron chi connectivity index (χ2n) is 5.20. The maximum Gasteiger partial charge on any atom is 0.358 e. The number of nitriles is 1. The first kappa shape index (κ1) is 17.6. The number of esters is 1. The summed E-state index contributed by atoms with van der Waals surface area (Å²) in [6, 6.07) is 9.79. The summed E-state index contributed by atoms with van der Waals surface area (Å²) in [4.78, 5) is 29.4. The summed E-state index contributed by atoms with van der Waals surface area (Å²) < 4.78 is 4.99. The van der Waals surface area contributed by atoms with Crippen LogP contribution in [0.3, 0.4) is 0 Å². The van der Waals surface area contributed by atoms with Gasteiger partial charge in [-0.15, -0.1) is 11.3 Å². The Kier molecular flexibility index (Phi) is 6.04. The van der Waals surface area contributed by atoms with Crippen LogP contribution < -0.4 is 0 Å². The van der Waals surface area contributed by atoms with Crippen molar-refractivity contribution in [1.82, 2.24) is 9.88 Å². The molecule has 0 unspecified atom stereocenters. The number of likely N-dealkylation sites (N-methyl/N-ethyl adjacent to an activating group) is 1. The van der Waals surface area contributed by atoms with Gasteiger partial charge in [-0.3, -0.25) is 4.79 Å². The second-order valence-corrected chi connectivity index (χ2v) is 6.06. The summed E-state index contributed by atoms with van der Waals surface area (Å²) >= 11 is 1.35. The Labute approximate surface area is 144 Å². The smallest absolute Gasteiger partial charge is 0.358 e. The maximum absolute atomic E-state index is 12.0. The predicted octanol–water partition coefficient (Wildman–Crippen LogP) is 2.65. The highest BCUT2D eigenvalue weighted by Gasteiger charge is 2.16. The van der Waals surface area contributed by atoms with Gasteiger partial charge in [-0.25, -0.2) is 9.78 Å².